The van der Waals surface area contributed by atoms with Crippen molar-refractivity contribution in [3.8, 4) is 0 Å². The number of carbonyl (C=O) groups excluding carboxylic acids is 1. The number of aromatic nitrogens is 2. The number of amides is 1. The Morgan fingerprint density at radius 1 is 1.27 bits per heavy atom. The van der Waals surface area contributed by atoms with Gasteiger partial charge in [0.15, 0.2) is 15.7 Å². The lowest BCUT2D eigenvalue weighted by molar-refractivity contribution is -0.116. The van der Waals surface area contributed by atoms with E-state index in [0.29, 0.717) is 11.7 Å². The lowest BCUT2D eigenvalue weighted by Crippen LogP contribution is -2.20. The zero-order chi connectivity index (χ0) is 21.7. The van der Waals surface area contributed by atoms with Gasteiger partial charge in [-0.25, -0.2) is 13.4 Å². The van der Waals surface area contributed by atoms with E-state index in [1.807, 2.05) is 6.26 Å². The van der Waals surface area contributed by atoms with E-state index in [9.17, 15) is 13.2 Å². The Balaban J connectivity index is 1.77. The lowest BCUT2D eigenvalue weighted by atomic mass is 9.82. The zero-order valence-corrected chi connectivity index (χ0v) is 19.5. The highest BCUT2D eigenvalue weighted by Crippen LogP contribution is 2.40. The molecular formula is C21H26ClN3O3S2. The number of hydrogen-bond donors (Lipinski definition) is 1. The van der Waals surface area contributed by atoms with Gasteiger partial charge >= 0.3 is 0 Å². The van der Waals surface area contributed by atoms with Gasteiger partial charge in [0.1, 0.15) is 0 Å². The standard InChI is InChI=1S/C21H26ClN3O3S2/c1-29-13-16-11-24-20(12-23-16)25-21(26)10-17(14-5-3-4-6-14)15-7-8-19(18(22)9-15)30(2,27)28/h7-9,11-12,14,17H,3-6,10,13H2,1-2H3,(H,24,25,26)/t17-/m1/s1. The maximum absolute atomic E-state index is 12.8. The molecule has 1 N–H and O–H groups in total. The highest BCUT2D eigenvalue weighted by atomic mass is 35.5. The van der Waals surface area contributed by atoms with Gasteiger partial charge in [-0.15, -0.1) is 0 Å². The predicted octanol–water partition coefficient (Wildman–Crippen LogP) is 4.70. The van der Waals surface area contributed by atoms with E-state index in [-0.39, 0.29) is 28.2 Å². The molecule has 0 unspecified atom stereocenters. The minimum absolute atomic E-state index is 0.0256. The van der Waals surface area contributed by atoms with Crippen LogP contribution >= 0.6 is 23.4 Å². The molecule has 1 heterocycles. The summed E-state index contributed by atoms with van der Waals surface area (Å²) >= 11 is 7.93. The first-order valence-corrected chi connectivity index (χ1v) is 13.5. The summed E-state index contributed by atoms with van der Waals surface area (Å²) in [5.41, 5.74) is 1.76. The summed E-state index contributed by atoms with van der Waals surface area (Å²) in [6, 6.07) is 5.03. The van der Waals surface area contributed by atoms with Crippen LogP contribution in [-0.2, 0) is 20.4 Å². The zero-order valence-electron chi connectivity index (χ0n) is 17.1. The fourth-order valence-electron chi connectivity index (χ4n) is 4.00. The number of thioether (sulfide) groups is 1. The maximum atomic E-state index is 12.8. The molecule has 1 aliphatic carbocycles. The molecule has 1 amide bonds. The minimum atomic E-state index is -3.39. The Bertz CT molecular complexity index is 991. The van der Waals surface area contributed by atoms with Crippen LogP contribution in [0.1, 0.15) is 49.3 Å². The first kappa shape index (κ1) is 23.0. The average Bonchev–Trinajstić information content (AvgIpc) is 3.21. The first-order valence-electron chi connectivity index (χ1n) is 9.87. The second-order valence-electron chi connectivity index (χ2n) is 7.69. The fourth-order valence-corrected chi connectivity index (χ4v) is 5.78. The molecule has 1 aromatic heterocycles. The molecule has 2 aromatic rings. The molecule has 1 atom stereocenters. The third-order valence-electron chi connectivity index (χ3n) is 5.42. The summed E-state index contributed by atoms with van der Waals surface area (Å²) in [6.07, 6.45) is 11.0. The molecule has 30 heavy (non-hydrogen) atoms. The van der Waals surface area contributed by atoms with Crippen molar-refractivity contribution in [1.82, 2.24) is 9.97 Å². The number of halogens is 1. The van der Waals surface area contributed by atoms with Gasteiger partial charge in [-0.05, 0) is 48.6 Å². The van der Waals surface area contributed by atoms with Crippen molar-refractivity contribution in [3.63, 3.8) is 0 Å². The van der Waals surface area contributed by atoms with Gasteiger partial charge in [-0.2, -0.15) is 11.8 Å². The smallest absolute Gasteiger partial charge is 0.226 e. The third-order valence-corrected chi connectivity index (χ3v) is 7.59. The van der Waals surface area contributed by atoms with Crippen LogP contribution in [0.2, 0.25) is 5.02 Å². The predicted molar refractivity (Wildman–Crippen MR) is 122 cm³/mol. The van der Waals surface area contributed by atoms with E-state index < -0.39 is 9.84 Å². The largest absolute Gasteiger partial charge is 0.309 e. The third kappa shape index (κ3) is 5.95. The van der Waals surface area contributed by atoms with E-state index in [2.05, 4.69) is 15.3 Å². The van der Waals surface area contributed by atoms with Crippen LogP contribution < -0.4 is 5.32 Å². The summed E-state index contributed by atoms with van der Waals surface area (Å²) in [5.74, 6) is 1.41. The molecule has 1 aromatic carbocycles. The topological polar surface area (TPSA) is 89.0 Å². The van der Waals surface area contributed by atoms with Crippen LogP contribution in [0.5, 0.6) is 0 Å². The van der Waals surface area contributed by atoms with Crippen LogP contribution in [0, 0.1) is 5.92 Å². The molecule has 0 aliphatic heterocycles. The van der Waals surface area contributed by atoms with Crippen molar-refractivity contribution in [3.05, 3.63) is 46.9 Å². The number of anilines is 1. The van der Waals surface area contributed by atoms with Crippen molar-refractivity contribution in [2.24, 2.45) is 5.92 Å². The van der Waals surface area contributed by atoms with Gasteiger partial charge in [0.2, 0.25) is 5.91 Å². The molecular weight excluding hydrogens is 442 g/mol. The molecule has 1 aliphatic rings. The van der Waals surface area contributed by atoms with E-state index in [4.69, 9.17) is 11.6 Å². The van der Waals surface area contributed by atoms with Crippen LogP contribution in [0.3, 0.4) is 0 Å². The Kier molecular flexibility index (Phi) is 7.76. The van der Waals surface area contributed by atoms with Crippen molar-refractivity contribution < 1.29 is 13.2 Å². The molecule has 0 saturated heterocycles. The second kappa shape index (κ2) is 10.1. The number of carbonyl (C=O) groups is 1. The van der Waals surface area contributed by atoms with Crippen molar-refractivity contribution in [1.29, 1.82) is 0 Å². The molecule has 162 valence electrons. The van der Waals surface area contributed by atoms with E-state index in [1.165, 1.54) is 0 Å². The van der Waals surface area contributed by atoms with E-state index >= 15 is 0 Å². The Labute approximate surface area is 187 Å². The number of rotatable bonds is 8. The van der Waals surface area contributed by atoms with Crippen LogP contribution in [0.15, 0.2) is 35.5 Å². The number of sulfone groups is 1. The lowest BCUT2D eigenvalue weighted by Gasteiger charge is -2.24. The SMILES string of the molecule is CSCc1cnc(NC(=O)C[C@@H](c2ccc(S(C)(=O)=O)c(Cl)c2)C2CCCC2)cn1. The molecule has 6 nitrogen and oxygen atoms in total. The monoisotopic (exact) mass is 467 g/mol. The Morgan fingerprint density at radius 3 is 2.57 bits per heavy atom. The van der Waals surface area contributed by atoms with Gasteiger partial charge in [-0.3, -0.25) is 9.78 Å². The van der Waals surface area contributed by atoms with E-state index in [1.54, 1.807) is 42.4 Å². The average molecular weight is 468 g/mol. The summed E-state index contributed by atoms with van der Waals surface area (Å²) in [4.78, 5) is 21.5. The van der Waals surface area contributed by atoms with Crippen LogP contribution in [0.4, 0.5) is 5.82 Å². The molecule has 3 rings (SSSR count). The molecule has 0 bridgehead atoms. The summed E-state index contributed by atoms with van der Waals surface area (Å²) in [6.45, 7) is 0. The van der Waals surface area contributed by atoms with Gasteiger partial charge in [-0.1, -0.05) is 30.5 Å². The molecule has 1 saturated carbocycles. The summed E-state index contributed by atoms with van der Waals surface area (Å²) < 4.78 is 23.7. The molecule has 9 heteroatoms. The van der Waals surface area contributed by atoms with Crippen LogP contribution in [-0.4, -0.2) is 36.8 Å². The van der Waals surface area contributed by atoms with Gasteiger partial charge in [0.25, 0.3) is 0 Å². The Morgan fingerprint density at radius 2 is 2.00 bits per heavy atom. The second-order valence-corrected chi connectivity index (χ2v) is 10.9. The molecule has 0 spiro atoms. The van der Waals surface area contributed by atoms with Crippen LogP contribution in [0.25, 0.3) is 0 Å². The summed E-state index contributed by atoms with van der Waals surface area (Å²) in [7, 11) is -3.39. The highest BCUT2D eigenvalue weighted by Gasteiger charge is 2.29. The highest BCUT2D eigenvalue weighted by molar-refractivity contribution is 7.97. The fraction of sp³-hybridized carbons (Fsp3) is 0.476. The van der Waals surface area contributed by atoms with Crippen molar-refractivity contribution in [2.45, 2.75) is 48.7 Å². The number of benzene rings is 1. The van der Waals surface area contributed by atoms with Gasteiger partial charge in [0.05, 0.1) is 28.0 Å². The quantitative estimate of drug-likeness (QED) is 0.605. The number of nitrogens with zero attached hydrogens (tertiary/aromatic N) is 2. The summed E-state index contributed by atoms with van der Waals surface area (Å²) in [5, 5.41) is 3.04. The molecule has 0 radical (unpaired) electrons. The number of hydrogen-bond acceptors (Lipinski definition) is 6. The van der Waals surface area contributed by atoms with Gasteiger partial charge < -0.3 is 5.32 Å². The normalized spacial score (nSPS) is 15.8. The van der Waals surface area contributed by atoms with Crippen molar-refractivity contribution >= 4 is 44.9 Å². The first-order chi connectivity index (χ1) is 14.3. The maximum Gasteiger partial charge on any atom is 0.226 e. The number of nitrogens with one attached hydrogen (secondary N) is 1. The van der Waals surface area contributed by atoms with E-state index in [0.717, 1.165) is 48.9 Å². The Hall–Kier alpha value is -1.64. The molecule has 1 fully saturated rings. The minimum Gasteiger partial charge on any atom is -0.309 e. The van der Waals surface area contributed by atoms with Gasteiger partial charge in [0, 0.05) is 18.4 Å². The van der Waals surface area contributed by atoms with Crippen molar-refractivity contribution in [2.75, 3.05) is 17.8 Å².